The first-order chi connectivity index (χ1) is 9.13. The Balaban J connectivity index is 4.21. The summed E-state index contributed by atoms with van der Waals surface area (Å²) in [6, 6.07) is 0. The van der Waals surface area contributed by atoms with Crippen molar-refractivity contribution >= 4 is 0 Å². The van der Waals surface area contributed by atoms with Crippen LogP contribution in [-0.2, 0) is 19.4 Å². The topological polar surface area (TPSA) is 195 Å². The molecule has 4 atom stereocenters. The molecule has 0 heterocycles. The number of hydrogen-bond donors (Lipinski definition) is 2. The first-order valence-corrected chi connectivity index (χ1v) is 5.07. The summed E-state index contributed by atoms with van der Waals surface area (Å²) in [5, 5.41) is 17.2. The van der Waals surface area contributed by atoms with Gasteiger partial charge in [-0.3, -0.25) is 11.5 Å². The van der Waals surface area contributed by atoms with E-state index in [1.807, 2.05) is 0 Å². The zero-order valence-electron chi connectivity index (χ0n) is 10.5. The van der Waals surface area contributed by atoms with E-state index in [0.717, 1.165) is 0 Å². The molecule has 4 N–H and O–H groups in total. The average Bonchev–Trinajstić information content (AvgIpc) is 2.26. The minimum absolute atomic E-state index is 0.547. The smallest absolute Gasteiger partial charge is 0.305 e. The Morgan fingerprint density at radius 3 is 1.35 bits per heavy atom. The fourth-order valence-electron chi connectivity index (χ4n) is 0.786. The molecule has 0 saturated heterocycles. The van der Waals surface area contributed by atoms with Crippen molar-refractivity contribution in [3.05, 3.63) is 25.1 Å². The van der Waals surface area contributed by atoms with Crippen LogP contribution in [0.1, 0.15) is 13.8 Å². The molecular formula is C6H14N5O9+. The molecule has 0 aliphatic heterocycles. The fraction of sp³-hybridized carbons (Fsp3) is 1.00. The van der Waals surface area contributed by atoms with E-state index in [0.29, 0.717) is 0 Å². The quantitative estimate of drug-likeness (QED) is 0.267. The second-order valence-corrected chi connectivity index (χ2v) is 3.43. The SMILES string of the molecule is C[C@H](O[N+](=O)[O-])C(N)O[N+](=O)OC(N)[C@H](C)O[N+](=O)[O-]. The second kappa shape index (κ2) is 7.85. The molecule has 20 heavy (non-hydrogen) atoms. The van der Waals surface area contributed by atoms with E-state index in [1.54, 1.807) is 0 Å². The molecule has 0 spiro atoms. The molecule has 14 heteroatoms. The van der Waals surface area contributed by atoms with Gasteiger partial charge in [0.15, 0.2) is 12.2 Å². The lowest BCUT2D eigenvalue weighted by atomic mass is 10.4. The van der Waals surface area contributed by atoms with Crippen molar-refractivity contribution in [3.8, 4) is 0 Å². The van der Waals surface area contributed by atoms with Crippen molar-refractivity contribution in [1.82, 2.24) is 0 Å². The molecule has 0 amide bonds. The summed E-state index contributed by atoms with van der Waals surface area (Å²) in [6.07, 6.45) is -5.60. The van der Waals surface area contributed by atoms with E-state index in [9.17, 15) is 25.1 Å². The van der Waals surface area contributed by atoms with Crippen LogP contribution in [0.3, 0.4) is 0 Å². The summed E-state index contributed by atoms with van der Waals surface area (Å²) < 4.78 is 0. The Labute approximate surface area is 111 Å². The van der Waals surface area contributed by atoms with Crippen LogP contribution in [0.15, 0.2) is 0 Å². The molecular weight excluding hydrogens is 286 g/mol. The van der Waals surface area contributed by atoms with Gasteiger partial charge in [-0.25, -0.2) is 0 Å². The standard InChI is InChI=1S/C6H14N5O9/c1-3(17-9(12)13)5(7)19-11(16)20-6(8)4(2)18-10(14)15/h3-6H,7-8H2,1-2H3/q+1/t3-,4-,5?,6?/m0/s1. The minimum Gasteiger partial charge on any atom is -0.305 e. The van der Waals surface area contributed by atoms with Crippen LogP contribution >= 0.6 is 0 Å². The molecule has 0 aliphatic rings. The summed E-state index contributed by atoms with van der Waals surface area (Å²) in [4.78, 5) is 47.9. The Bertz CT molecular complexity index is 333. The monoisotopic (exact) mass is 300 g/mol. The molecule has 0 fully saturated rings. The highest BCUT2D eigenvalue weighted by atomic mass is 17.0. The van der Waals surface area contributed by atoms with Crippen molar-refractivity contribution in [2.45, 2.75) is 38.5 Å². The van der Waals surface area contributed by atoms with E-state index >= 15 is 0 Å². The van der Waals surface area contributed by atoms with Gasteiger partial charge in [0.25, 0.3) is 22.6 Å². The van der Waals surface area contributed by atoms with E-state index in [1.165, 1.54) is 13.8 Å². The number of nitrogens with two attached hydrogens (primary N) is 2. The first-order valence-electron chi connectivity index (χ1n) is 5.07. The molecule has 0 radical (unpaired) electrons. The van der Waals surface area contributed by atoms with Crippen LogP contribution in [0.4, 0.5) is 0 Å². The molecule has 116 valence electrons. The van der Waals surface area contributed by atoms with Crippen molar-refractivity contribution in [2.75, 3.05) is 0 Å². The lowest BCUT2D eigenvalue weighted by Crippen LogP contribution is -2.44. The van der Waals surface area contributed by atoms with Crippen molar-refractivity contribution in [3.63, 3.8) is 0 Å². The predicted octanol–water partition coefficient (Wildman–Crippen LogP) is -1.61. The van der Waals surface area contributed by atoms with Crippen molar-refractivity contribution in [1.29, 1.82) is 0 Å². The fourth-order valence-corrected chi connectivity index (χ4v) is 0.786. The molecule has 0 aromatic rings. The third-order valence-corrected chi connectivity index (χ3v) is 1.85. The van der Waals surface area contributed by atoms with Crippen LogP contribution < -0.4 is 11.5 Å². The lowest BCUT2D eigenvalue weighted by Gasteiger charge is -2.14. The van der Waals surface area contributed by atoms with Crippen molar-refractivity contribution < 1.29 is 34.6 Å². The maximum Gasteiger partial charge on any atom is 0.480 e. The van der Waals surface area contributed by atoms with E-state index < -0.39 is 39.9 Å². The maximum atomic E-state index is 11.1. The summed E-state index contributed by atoms with van der Waals surface area (Å²) in [5.41, 5.74) is 10.5. The molecule has 0 aromatic heterocycles. The zero-order valence-corrected chi connectivity index (χ0v) is 10.5. The van der Waals surface area contributed by atoms with E-state index in [2.05, 4.69) is 19.4 Å². The molecule has 0 aliphatic carbocycles. The van der Waals surface area contributed by atoms with Gasteiger partial charge >= 0.3 is 5.09 Å². The number of hydrogen-bond acceptors (Lipinski definition) is 11. The average molecular weight is 300 g/mol. The third-order valence-electron chi connectivity index (χ3n) is 1.85. The molecule has 0 aromatic carbocycles. The van der Waals surface area contributed by atoms with Crippen molar-refractivity contribution in [2.24, 2.45) is 11.5 Å². The Kier molecular flexibility index (Phi) is 6.87. The Morgan fingerprint density at radius 2 is 1.10 bits per heavy atom. The highest BCUT2D eigenvalue weighted by Crippen LogP contribution is 2.03. The molecule has 2 unspecified atom stereocenters. The van der Waals surface area contributed by atoms with Crippen LogP contribution in [0, 0.1) is 25.1 Å². The zero-order chi connectivity index (χ0) is 15.9. The summed E-state index contributed by atoms with van der Waals surface area (Å²) in [7, 11) is 0. The van der Waals surface area contributed by atoms with E-state index in [4.69, 9.17) is 11.5 Å². The first kappa shape index (κ1) is 17.5. The van der Waals surface area contributed by atoms with Gasteiger partial charge in [-0.15, -0.1) is 20.2 Å². The Morgan fingerprint density at radius 1 is 0.800 bits per heavy atom. The van der Waals surface area contributed by atoms with Crippen LogP contribution in [-0.4, -0.2) is 39.9 Å². The van der Waals surface area contributed by atoms with Gasteiger partial charge in [-0.2, -0.15) is 9.68 Å². The van der Waals surface area contributed by atoms with Gasteiger partial charge in [0, 0.05) is 0 Å². The lowest BCUT2D eigenvalue weighted by molar-refractivity contribution is -0.996. The highest BCUT2D eigenvalue weighted by Gasteiger charge is 2.32. The summed E-state index contributed by atoms with van der Waals surface area (Å²) in [5.74, 6) is 0. The van der Waals surface area contributed by atoms with E-state index in [-0.39, 0.29) is 0 Å². The van der Waals surface area contributed by atoms with Gasteiger partial charge in [0.2, 0.25) is 0 Å². The summed E-state index contributed by atoms with van der Waals surface area (Å²) in [6.45, 7) is 2.33. The van der Waals surface area contributed by atoms with Gasteiger partial charge in [-0.05, 0) is 13.8 Å². The second-order valence-electron chi connectivity index (χ2n) is 3.43. The Hall–Kier alpha value is -2.48. The number of nitrogens with zero attached hydrogens (tertiary/aromatic N) is 3. The van der Waals surface area contributed by atoms with Gasteiger partial charge in [0.05, 0.1) is 0 Å². The largest absolute Gasteiger partial charge is 0.480 e. The van der Waals surface area contributed by atoms with Crippen LogP contribution in [0.5, 0.6) is 0 Å². The number of rotatable bonds is 10. The molecule has 14 nitrogen and oxygen atoms in total. The normalized spacial score (nSPS) is 16.2. The predicted molar refractivity (Wildman–Crippen MR) is 56.8 cm³/mol. The molecule has 0 rings (SSSR count). The third kappa shape index (κ3) is 7.07. The van der Waals surface area contributed by atoms with Gasteiger partial charge < -0.3 is 9.68 Å². The van der Waals surface area contributed by atoms with Crippen LogP contribution in [0.25, 0.3) is 0 Å². The molecule has 0 saturated carbocycles. The summed E-state index contributed by atoms with van der Waals surface area (Å²) >= 11 is 0. The van der Waals surface area contributed by atoms with Gasteiger partial charge in [0.1, 0.15) is 4.91 Å². The maximum absolute atomic E-state index is 11.1. The van der Waals surface area contributed by atoms with Gasteiger partial charge in [-0.1, -0.05) is 0 Å². The minimum atomic E-state index is -1.53. The van der Waals surface area contributed by atoms with Crippen LogP contribution in [0.2, 0.25) is 0 Å². The molecule has 0 bridgehead atoms. The highest BCUT2D eigenvalue weighted by molar-refractivity contribution is 4.54.